The summed E-state index contributed by atoms with van der Waals surface area (Å²) in [5.74, 6) is 0.228. The fraction of sp³-hybridized carbons (Fsp3) is 0.385. The van der Waals surface area contributed by atoms with Gasteiger partial charge >= 0.3 is 0 Å². The van der Waals surface area contributed by atoms with Crippen LogP contribution in [-0.4, -0.2) is 41.3 Å². The average Bonchev–Trinajstić information content (AvgIpc) is 3.26. The van der Waals surface area contributed by atoms with Gasteiger partial charge in [0, 0.05) is 4.88 Å². The minimum Gasteiger partial charge on any atom is -0.343 e. The minimum atomic E-state index is -0.215. The molecule has 118 valence electrons. The zero-order valence-corrected chi connectivity index (χ0v) is 13.2. The van der Waals surface area contributed by atoms with Gasteiger partial charge in [0.05, 0.1) is 22.9 Å². The number of amides is 1. The maximum atomic E-state index is 12.6. The molecule has 3 aromatic heterocycles. The smallest absolute Gasteiger partial charge is 0.257 e. The van der Waals surface area contributed by atoms with E-state index < -0.39 is 0 Å². The van der Waals surface area contributed by atoms with E-state index in [9.17, 15) is 4.79 Å². The van der Waals surface area contributed by atoms with Crippen LogP contribution in [0.2, 0.25) is 0 Å². The molecule has 1 aliphatic carbocycles. The van der Waals surface area contributed by atoms with Crippen LogP contribution in [0.3, 0.4) is 0 Å². The van der Waals surface area contributed by atoms with Gasteiger partial charge in [-0.3, -0.25) is 9.89 Å². The molecule has 0 saturated heterocycles. The molecule has 0 saturated carbocycles. The van der Waals surface area contributed by atoms with E-state index in [2.05, 4.69) is 36.0 Å². The first-order chi connectivity index (χ1) is 11.2. The highest BCUT2D eigenvalue weighted by Gasteiger charge is 2.27. The lowest BCUT2D eigenvalue weighted by Gasteiger charge is -2.22. The number of nitrogens with zero attached hydrogens (tertiary/aromatic N) is 6. The molecule has 3 heterocycles. The van der Waals surface area contributed by atoms with Crippen LogP contribution in [0, 0.1) is 6.92 Å². The summed E-state index contributed by atoms with van der Waals surface area (Å²) in [7, 11) is 0. The highest BCUT2D eigenvalue weighted by atomic mass is 32.1. The van der Waals surface area contributed by atoms with E-state index in [0.717, 1.165) is 30.0 Å². The normalized spacial score (nSPS) is 17.0. The molecule has 0 spiro atoms. The Labute approximate surface area is 135 Å². The first kappa shape index (κ1) is 14.0. The molecule has 9 nitrogen and oxygen atoms in total. The Hall–Kier alpha value is -2.62. The van der Waals surface area contributed by atoms with Crippen LogP contribution in [0.5, 0.6) is 0 Å². The topological polar surface area (TPSA) is 114 Å². The summed E-state index contributed by atoms with van der Waals surface area (Å²) < 4.78 is 1.38. The summed E-state index contributed by atoms with van der Waals surface area (Å²) in [6.07, 6.45) is 5.86. The Bertz CT molecular complexity index is 836. The third-order valence-corrected chi connectivity index (χ3v) is 4.85. The van der Waals surface area contributed by atoms with Crippen molar-refractivity contribution in [1.29, 1.82) is 0 Å². The summed E-state index contributed by atoms with van der Waals surface area (Å²) in [5, 5.41) is 21.7. The molecule has 0 aromatic carbocycles. The molecule has 4 rings (SSSR count). The number of rotatable bonds is 3. The van der Waals surface area contributed by atoms with Crippen molar-refractivity contribution in [3.8, 4) is 5.82 Å². The molecule has 2 N–H and O–H groups in total. The maximum Gasteiger partial charge on any atom is 0.257 e. The maximum absolute atomic E-state index is 12.6. The Morgan fingerprint density at radius 2 is 2.43 bits per heavy atom. The van der Waals surface area contributed by atoms with Crippen LogP contribution in [0.15, 0.2) is 12.5 Å². The number of tetrazole rings is 1. The summed E-state index contributed by atoms with van der Waals surface area (Å²) in [4.78, 5) is 18.5. The number of aromatic nitrogens is 7. The number of hydrogen-bond acceptors (Lipinski definition) is 7. The summed E-state index contributed by atoms with van der Waals surface area (Å²) >= 11 is 1.71. The number of fused-ring (bicyclic) bond motifs is 1. The number of aryl methyl sites for hydroxylation is 2. The van der Waals surface area contributed by atoms with Crippen LogP contribution < -0.4 is 5.32 Å². The molecule has 0 unspecified atom stereocenters. The van der Waals surface area contributed by atoms with Crippen molar-refractivity contribution in [3.05, 3.63) is 33.7 Å². The predicted molar refractivity (Wildman–Crippen MR) is 81.3 cm³/mol. The van der Waals surface area contributed by atoms with Crippen LogP contribution >= 0.6 is 11.3 Å². The molecule has 0 bridgehead atoms. The third kappa shape index (κ3) is 2.50. The molecule has 0 aliphatic heterocycles. The van der Waals surface area contributed by atoms with Crippen LogP contribution in [0.25, 0.3) is 5.82 Å². The third-order valence-electron chi connectivity index (χ3n) is 3.81. The number of carbonyl (C=O) groups excluding carboxylic acids is 1. The summed E-state index contributed by atoms with van der Waals surface area (Å²) in [6, 6.07) is -0.0622. The Kier molecular flexibility index (Phi) is 3.37. The van der Waals surface area contributed by atoms with Crippen molar-refractivity contribution in [3.63, 3.8) is 0 Å². The molecule has 1 atom stereocenters. The molecule has 23 heavy (non-hydrogen) atoms. The zero-order chi connectivity index (χ0) is 15.8. The van der Waals surface area contributed by atoms with Gasteiger partial charge in [-0.15, -0.1) is 16.4 Å². The van der Waals surface area contributed by atoms with Gasteiger partial charge in [-0.05, 0) is 36.6 Å². The molecular formula is C13H14N8OS. The van der Waals surface area contributed by atoms with E-state index in [-0.39, 0.29) is 11.9 Å². The number of carbonyl (C=O) groups is 1. The zero-order valence-electron chi connectivity index (χ0n) is 12.4. The molecule has 10 heteroatoms. The Balaban J connectivity index is 1.59. The van der Waals surface area contributed by atoms with E-state index in [4.69, 9.17) is 0 Å². The lowest BCUT2D eigenvalue weighted by atomic mass is 9.97. The Morgan fingerprint density at radius 1 is 1.52 bits per heavy atom. The van der Waals surface area contributed by atoms with Gasteiger partial charge in [-0.1, -0.05) is 0 Å². The standard InChI is InChI=1S/C13H14N8OS/c1-7-16-11-9(3-2-4-10(11)23-7)17-13(22)8-5-14-18-12(8)21-6-15-19-20-21/h5-6,9H,2-4H2,1H3,(H,14,18)(H,17,22)/t9-/m0/s1. The molecule has 1 aliphatic rings. The van der Waals surface area contributed by atoms with Crippen LogP contribution in [0.4, 0.5) is 0 Å². The van der Waals surface area contributed by atoms with Crippen molar-refractivity contribution in [1.82, 2.24) is 40.7 Å². The minimum absolute atomic E-state index is 0.0622. The van der Waals surface area contributed by atoms with Crippen molar-refractivity contribution < 1.29 is 4.79 Å². The quantitative estimate of drug-likeness (QED) is 0.739. The lowest BCUT2D eigenvalue weighted by Crippen LogP contribution is -2.31. The largest absolute Gasteiger partial charge is 0.343 e. The molecule has 3 aromatic rings. The van der Waals surface area contributed by atoms with E-state index in [1.165, 1.54) is 22.1 Å². The van der Waals surface area contributed by atoms with Crippen molar-refractivity contribution in [2.75, 3.05) is 0 Å². The summed E-state index contributed by atoms with van der Waals surface area (Å²) in [6.45, 7) is 1.99. The molecule has 0 radical (unpaired) electrons. The number of hydrogen-bond donors (Lipinski definition) is 2. The van der Waals surface area contributed by atoms with E-state index in [1.54, 1.807) is 11.3 Å². The Morgan fingerprint density at radius 3 is 3.26 bits per heavy atom. The summed E-state index contributed by atoms with van der Waals surface area (Å²) in [5.41, 5.74) is 1.40. The first-order valence-electron chi connectivity index (χ1n) is 7.26. The number of aromatic amines is 1. The van der Waals surface area contributed by atoms with Gasteiger partial charge in [-0.25, -0.2) is 4.98 Å². The second-order valence-electron chi connectivity index (χ2n) is 5.35. The monoisotopic (exact) mass is 330 g/mol. The van der Waals surface area contributed by atoms with Gasteiger partial charge in [0.15, 0.2) is 5.82 Å². The molecular weight excluding hydrogens is 316 g/mol. The average molecular weight is 330 g/mol. The van der Waals surface area contributed by atoms with Crippen molar-refractivity contribution in [2.45, 2.75) is 32.2 Å². The number of nitrogens with one attached hydrogen (secondary N) is 2. The molecule has 1 amide bonds. The van der Waals surface area contributed by atoms with Crippen LogP contribution in [-0.2, 0) is 6.42 Å². The van der Waals surface area contributed by atoms with Crippen LogP contribution in [0.1, 0.15) is 44.8 Å². The lowest BCUT2D eigenvalue weighted by molar-refractivity contribution is 0.0932. The van der Waals surface area contributed by atoms with Gasteiger partial charge < -0.3 is 5.32 Å². The number of H-pyrrole nitrogens is 1. The van der Waals surface area contributed by atoms with Gasteiger partial charge in [0.2, 0.25) is 0 Å². The predicted octanol–water partition coefficient (Wildman–Crippen LogP) is 0.958. The fourth-order valence-electron chi connectivity index (χ4n) is 2.80. The highest BCUT2D eigenvalue weighted by Crippen LogP contribution is 2.33. The fourth-order valence-corrected chi connectivity index (χ4v) is 3.84. The van der Waals surface area contributed by atoms with Gasteiger partial charge in [0.1, 0.15) is 11.9 Å². The van der Waals surface area contributed by atoms with Crippen molar-refractivity contribution >= 4 is 17.2 Å². The van der Waals surface area contributed by atoms with E-state index >= 15 is 0 Å². The van der Waals surface area contributed by atoms with E-state index in [0.29, 0.717) is 11.4 Å². The number of thiazole rings is 1. The van der Waals surface area contributed by atoms with E-state index in [1.807, 2.05) is 6.92 Å². The second kappa shape index (κ2) is 5.54. The van der Waals surface area contributed by atoms with Gasteiger partial charge in [0.25, 0.3) is 5.91 Å². The van der Waals surface area contributed by atoms with Gasteiger partial charge in [-0.2, -0.15) is 9.78 Å². The SMILES string of the molecule is Cc1nc2c(s1)CCC[C@@H]2NC(=O)c1cn[nH]c1-n1cnnn1. The van der Waals surface area contributed by atoms with Crippen molar-refractivity contribution in [2.24, 2.45) is 0 Å². The molecule has 0 fully saturated rings. The second-order valence-corrected chi connectivity index (χ2v) is 6.63. The highest BCUT2D eigenvalue weighted by molar-refractivity contribution is 7.11. The first-order valence-corrected chi connectivity index (χ1v) is 8.08.